The molecule has 0 nitrogen and oxygen atoms in total. The predicted molar refractivity (Wildman–Crippen MR) is 63.7 cm³/mol. The Hall–Kier alpha value is -0.260. The van der Waals surface area contributed by atoms with Gasteiger partial charge in [0.25, 0.3) is 0 Å². The molecule has 0 fully saturated rings. The summed E-state index contributed by atoms with van der Waals surface area (Å²) in [5.74, 6) is 0.833. The average molecular weight is 174 g/mol. The highest BCUT2D eigenvalue weighted by Crippen LogP contribution is 1.81. The maximum atomic E-state index is 2.17. The van der Waals surface area contributed by atoms with Crippen molar-refractivity contribution in [3.8, 4) is 0 Å². The highest BCUT2D eigenvalue weighted by atomic mass is 13.7. The molecule has 78 valence electrons. The molecule has 0 saturated heterocycles. The third-order valence-corrected chi connectivity index (χ3v) is 0.333. The summed E-state index contributed by atoms with van der Waals surface area (Å²) in [4.78, 5) is 0. The van der Waals surface area contributed by atoms with Crippen molar-refractivity contribution in [2.75, 3.05) is 0 Å². The highest BCUT2D eigenvalue weighted by Gasteiger charge is 1.68. The minimum atomic E-state index is 0.833. The maximum Gasteiger partial charge on any atom is -0.0470 e. The summed E-state index contributed by atoms with van der Waals surface area (Å²) in [5, 5.41) is 0. The summed E-state index contributed by atoms with van der Waals surface area (Å²) in [6.45, 7) is 18.5. The Kier molecular flexibility index (Phi) is 85.4. The first kappa shape index (κ1) is 22.6. The standard InChI is InChI=1S/C4H10.C4H8.2C2H6/c1-4(2)3;1-3-4-2;2*1-2/h4H,1-3H3;3-4H,1-2H3;2*1-2H3/b;4-3-;;. The molecule has 0 heterocycles. The van der Waals surface area contributed by atoms with E-state index in [9.17, 15) is 0 Å². The van der Waals surface area contributed by atoms with Crippen LogP contribution in [0.2, 0.25) is 0 Å². The first-order valence-corrected chi connectivity index (χ1v) is 5.22. The third kappa shape index (κ3) is 1360. The second-order valence-corrected chi connectivity index (χ2v) is 2.40. The molecule has 0 aliphatic heterocycles. The van der Waals surface area contributed by atoms with Crippen molar-refractivity contribution in [3.63, 3.8) is 0 Å². The van der Waals surface area contributed by atoms with Gasteiger partial charge in [-0.1, -0.05) is 60.6 Å². The van der Waals surface area contributed by atoms with Crippen LogP contribution in [-0.4, -0.2) is 0 Å². The van der Waals surface area contributed by atoms with E-state index >= 15 is 0 Å². The van der Waals surface area contributed by atoms with E-state index in [1.54, 1.807) is 0 Å². The highest BCUT2D eigenvalue weighted by molar-refractivity contribution is 4.68. The molecule has 0 amide bonds. The quantitative estimate of drug-likeness (QED) is 0.437. The Labute approximate surface area is 81.1 Å². The van der Waals surface area contributed by atoms with Gasteiger partial charge in [-0.05, 0) is 19.8 Å². The number of hydrogen-bond acceptors (Lipinski definition) is 0. The van der Waals surface area contributed by atoms with Gasteiger partial charge in [0.15, 0.2) is 0 Å². The van der Waals surface area contributed by atoms with E-state index in [-0.39, 0.29) is 0 Å². The fourth-order valence-electron chi connectivity index (χ4n) is 0. The average Bonchev–Trinajstić information content (AvgIpc) is 2.10. The monoisotopic (exact) mass is 174 g/mol. The molecule has 0 aromatic rings. The van der Waals surface area contributed by atoms with E-state index in [1.165, 1.54) is 0 Å². The first-order chi connectivity index (χ1) is 5.65. The molecule has 0 aliphatic rings. The van der Waals surface area contributed by atoms with Crippen molar-refractivity contribution in [2.24, 2.45) is 5.92 Å². The van der Waals surface area contributed by atoms with Crippen LogP contribution in [0.5, 0.6) is 0 Å². The van der Waals surface area contributed by atoms with E-state index in [0.29, 0.717) is 0 Å². The topological polar surface area (TPSA) is 0 Å². The van der Waals surface area contributed by atoms with Crippen LogP contribution in [0.4, 0.5) is 0 Å². The molecule has 0 aromatic carbocycles. The first-order valence-electron chi connectivity index (χ1n) is 5.22. The summed E-state index contributed by atoms with van der Waals surface area (Å²) in [6.07, 6.45) is 4.00. The molecule has 0 aliphatic carbocycles. The Morgan fingerprint density at radius 1 is 0.667 bits per heavy atom. The molecule has 0 saturated carbocycles. The molecule has 0 atom stereocenters. The van der Waals surface area contributed by atoms with Crippen molar-refractivity contribution in [3.05, 3.63) is 12.2 Å². The van der Waals surface area contributed by atoms with Crippen LogP contribution in [-0.2, 0) is 0 Å². The summed E-state index contributed by atoms with van der Waals surface area (Å²) >= 11 is 0. The van der Waals surface area contributed by atoms with Crippen LogP contribution in [0, 0.1) is 5.92 Å². The van der Waals surface area contributed by atoms with Gasteiger partial charge in [0, 0.05) is 0 Å². The van der Waals surface area contributed by atoms with Gasteiger partial charge in [0.1, 0.15) is 0 Å². The van der Waals surface area contributed by atoms with Gasteiger partial charge in [-0.3, -0.25) is 0 Å². The van der Waals surface area contributed by atoms with Crippen LogP contribution in [0.25, 0.3) is 0 Å². The van der Waals surface area contributed by atoms with E-state index < -0.39 is 0 Å². The van der Waals surface area contributed by atoms with Gasteiger partial charge in [-0.2, -0.15) is 0 Å². The van der Waals surface area contributed by atoms with Crippen LogP contribution in [0.15, 0.2) is 12.2 Å². The summed E-state index contributed by atoms with van der Waals surface area (Å²) in [6, 6.07) is 0. The van der Waals surface area contributed by atoms with Gasteiger partial charge >= 0.3 is 0 Å². The fourth-order valence-corrected chi connectivity index (χ4v) is 0. The van der Waals surface area contributed by atoms with E-state index in [2.05, 4.69) is 20.8 Å². The smallest absolute Gasteiger partial charge is 0.0470 e. The van der Waals surface area contributed by atoms with Crippen molar-refractivity contribution in [1.29, 1.82) is 0 Å². The summed E-state index contributed by atoms with van der Waals surface area (Å²) in [7, 11) is 0. The van der Waals surface area contributed by atoms with Crippen molar-refractivity contribution < 1.29 is 0 Å². The summed E-state index contributed by atoms with van der Waals surface area (Å²) in [5.41, 5.74) is 0. The molecule has 0 N–H and O–H groups in total. The number of rotatable bonds is 0. The third-order valence-electron chi connectivity index (χ3n) is 0.333. The van der Waals surface area contributed by atoms with E-state index in [4.69, 9.17) is 0 Å². The predicted octanol–water partition coefficient (Wildman–Crippen LogP) is 5.30. The fraction of sp³-hybridized carbons (Fsp3) is 0.833. The molecule has 0 rings (SSSR count). The van der Waals surface area contributed by atoms with Gasteiger partial charge in [0.2, 0.25) is 0 Å². The summed E-state index contributed by atoms with van der Waals surface area (Å²) < 4.78 is 0. The second kappa shape index (κ2) is 45.3. The second-order valence-electron chi connectivity index (χ2n) is 2.40. The number of allylic oxidation sites excluding steroid dienone is 2. The normalized spacial score (nSPS) is 7.17. The van der Waals surface area contributed by atoms with Crippen molar-refractivity contribution in [2.45, 2.75) is 62.3 Å². The van der Waals surface area contributed by atoms with Crippen molar-refractivity contribution >= 4 is 0 Å². The Balaban J connectivity index is -0.0000000380. The lowest BCUT2D eigenvalue weighted by Crippen LogP contribution is -1.66. The Morgan fingerprint density at radius 3 is 0.750 bits per heavy atom. The van der Waals surface area contributed by atoms with Crippen LogP contribution >= 0.6 is 0 Å². The van der Waals surface area contributed by atoms with Gasteiger partial charge in [-0.25, -0.2) is 0 Å². The van der Waals surface area contributed by atoms with Crippen LogP contribution in [0.1, 0.15) is 62.3 Å². The zero-order valence-electron chi connectivity index (χ0n) is 10.7. The lowest BCUT2D eigenvalue weighted by molar-refractivity contribution is 0.737. The molecule has 0 aromatic heterocycles. The molecule has 0 heteroatoms. The number of hydrogen-bond donors (Lipinski definition) is 0. The molecule has 0 radical (unpaired) electrons. The van der Waals surface area contributed by atoms with Crippen LogP contribution < -0.4 is 0 Å². The molecule has 0 spiro atoms. The molecular formula is C12H30. The molecule has 0 unspecified atom stereocenters. The maximum absolute atomic E-state index is 2.17. The van der Waals surface area contributed by atoms with Crippen LogP contribution in [0.3, 0.4) is 0 Å². The Bertz CT molecular complexity index is 35.2. The molecule has 0 bridgehead atoms. The molecular weight excluding hydrogens is 144 g/mol. The molecule has 12 heavy (non-hydrogen) atoms. The van der Waals surface area contributed by atoms with E-state index in [1.807, 2.05) is 53.7 Å². The Morgan fingerprint density at radius 2 is 0.750 bits per heavy atom. The van der Waals surface area contributed by atoms with Gasteiger partial charge < -0.3 is 0 Å². The zero-order chi connectivity index (χ0) is 11.0. The SMILES string of the molecule is C/C=C\C.CC.CC.CC(C)C. The van der Waals surface area contributed by atoms with E-state index in [0.717, 1.165) is 5.92 Å². The van der Waals surface area contributed by atoms with Crippen molar-refractivity contribution in [1.82, 2.24) is 0 Å². The lowest BCUT2D eigenvalue weighted by atomic mass is 10.3. The zero-order valence-corrected chi connectivity index (χ0v) is 10.7. The lowest BCUT2D eigenvalue weighted by Gasteiger charge is -1.79. The minimum Gasteiger partial charge on any atom is -0.0919 e. The van der Waals surface area contributed by atoms with Gasteiger partial charge in [-0.15, -0.1) is 0 Å². The minimum absolute atomic E-state index is 0.833. The van der Waals surface area contributed by atoms with Gasteiger partial charge in [0.05, 0.1) is 0 Å². The largest absolute Gasteiger partial charge is 0.0919 e.